The second-order valence-corrected chi connectivity index (χ2v) is 5.18. The number of nitrogens with two attached hydrogens (primary N) is 2. The summed E-state index contributed by atoms with van der Waals surface area (Å²) in [6, 6.07) is 17.3. The van der Waals surface area contributed by atoms with Crippen LogP contribution in [0.5, 0.6) is 0 Å². The summed E-state index contributed by atoms with van der Waals surface area (Å²) in [6.45, 7) is 4.09. The Morgan fingerprint density at radius 3 is 2.00 bits per heavy atom. The molecule has 0 saturated heterocycles. The first kappa shape index (κ1) is 19.9. The van der Waals surface area contributed by atoms with Crippen molar-refractivity contribution in [3.63, 3.8) is 0 Å². The largest absolute Gasteiger partial charge is 0.445 e. The molecular formula is C18H28N4O2. The summed E-state index contributed by atoms with van der Waals surface area (Å²) in [5.74, 6) is 0. The van der Waals surface area contributed by atoms with Crippen molar-refractivity contribution in [1.82, 2.24) is 10.2 Å². The van der Waals surface area contributed by atoms with Gasteiger partial charge in [-0.15, -0.1) is 0 Å². The molecule has 1 rings (SSSR count). The Balaban J connectivity index is 2.38. The van der Waals surface area contributed by atoms with E-state index in [1.807, 2.05) is 54.6 Å². The van der Waals surface area contributed by atoms with Gasteiger partial charge in [-0.1, -0.05) is 54.6 Å². The molecule has 0 fully saturated rings. The lowest BCUT2D eigenvalue weighted by molar-refractivity contribution is 0.138. The Morgan fingerprint density at radius 1 is 0.917 bits per heavy atom. The average Bonchev–Trinajstić information content (AvgIpc) is 2.58. The maximum Gasteiger partial charge on any atom is 0.407 e. The first-order chi connectivity index (χ1) is 11.8. The molecule has 0 atom stereocenters. The Labute approximate surface area is 144 Å². The van der Waals surface area contributed by atoms with E-state index in [4.69, 9.17) is 16.2 Å². The van der Waals surface area contributed by atoms with Gasteiger partial charge in [0.05, 0.1) is 0 Å². The average molecular weight is 332 g/mol. The molecule has 132 valence electrons. The lowest BCUT2D eigenvalue weighted by Gasteiger charge is -2.20. The van der Waals surface area contributed by atoms with Gasteiger partial charge in [0.1, 0.15) is 6.61 Å². The molecule has 5 N–H and O–H groups in total. The van der Waals surface area contributed by atoms with Gasteiger partial charge in [-0.25, -0.2) is 4.79 Å². The topological polar surface area (TPSA) is 93.6 Å². The van der Waals surface area contributed by atoms with Gasteiger partial charge in [0.25, 0.3) is 0 Å². The van der Waals surface area contributed by atoms with Crippen LogP contribution in [0.25, 0.3) is 0 Å². The second-order valence-electron chi connectivity index (χ2n) is 5.18. The molecule has 0 spiro atoms. The van der Waals surface area contributed by atoms with Crippen LogP contribution in [-0.4, -0.2) is 50.3 Å². The number of nitrogens with one attached hydrogen (secondary N) is 1. The summed E-state index contributed by atoms with van der Waals surface area (Å²) in [4.78, 5) is 13.9. The molecule has 6 heteroatoms. The fourth-order valence-electron chi connectivity index (χ4n) is 2.05. The summed E-state index contributed by atoms with van der Waals surface area (Å²) in [7, 11) is 0. The van der Waals surface area contributed by atoms with Crippen molar-refractivity contribution in [3.8, 4) is 0 Å². The Bertz CT molecular complexity index is 493. The Morgan fingerprint density at radius 2 is 1.46 bits per heavy atom. The number of hydrogen-bond acceptors (Lipinski definition) is 5. The van der Waals surface area contributed by atoms with E-state index >= 15 is 0 Å². The third-order valence-electron chi connectivity index (χ3n) is 3.25. The maximum absolute atomic E-state index is 11.8. The highest BCUT2D eigenvalue weighted by atomic mass is 16.5. The van der Waals surface area contributed by atoms with Gasteiger partial charge in [0, 0.05) is 39.3 Å². The van der Waals surface area contributed by atoms with Crippen LogP contribution in [0, 0.1) is 0 Å². The van der Waals surface area contributed by atoms with Gasteiger partial charge in [0.15, 0.2) is 0 Å². The smallest absolute Gasteiger partial charge is 0.407 e. The van der Waals surface area contributed by atoms with Crippen LogP contribution in [0.4, 0.5) is 4.79 Å². The SMILES string of the molecule is NCCN(CCN)CCNC(=O)OCc1ccccccccc1. The number of rotatable bonds is 9. The van der Waals surface area contributed by atoms with E-state index in [0.29, 0.717) is 26.2 Å². The van der Waals surface area contributed by atoms with Crippen LogP contribution in [0.1, 0.15) is 5.56 Å². The molecule has 0 saturated carbocycles. The van der Waals surface area contributed by atoms with Crippen molar-refractivity contribution in [3.05, 3.63) is 60.2 Å². The van der Waals surface area contributed by atoms with E-state index in [-0.39, 0.29) is 6.61 Å². The zero-order valence-corrected chi connectivity index (χ0v) is 14.1. The predicted octanol–water partition coefficient (Wildman–Crippen LogP) is 1.26. The number of alkyl carbamates (subject to hydrolysis) is 1. The first-order valence-corrected chi connectivity index (χ1v) is 8.16. The molecule has 0 aliphatic heterocycles. The fraction of sp³-hybridized carbons (Fsp3) is 0.389. The van der Waals surface area contributed by atoms with Gasteiger partial charge in [-0.2, -0.15) is 0 Å². The molecule has 0 bridgehead atoms. The van der Waals surface area contributed by atoms with Crippen molar-refractivity contribution in [2.24, 2.45) is 11.5 Å². The standard InChI is InChI=1S/C18H28N4O2/c19-10-13-22(14-11-20)15-12-21-18(23)24-16-17-8-6-4-2-1-3-5-7-9-17/h1-9H,10-16,19-20H2,(H,21,23). The Kier molecular flexibility index (Phi) is 11.0. The molecular weight excluding hydrogens is 304 g/mol. The lowest BCUT2D eigenvalue weighted by atomic mass is 10.2. The minimum absolute atomic E-state index is 0.222. The molecule has 0 aliphatic rings. The minimum Gasteiger partial charge on any atom is -0.445 e. The van der Waals surface area contributed by atoms with Crippen LogP contribution < -0.4 is 16.8 Å². The van der Waals surface area contributed by atoms with Crippen molar-refractivity contribution >= 4 is 6.09 Å². The summed E-state index contributed by atoms with van der Waals surface area (Å²) in [5.41, 5.74) is 12.0. The number of hydrogen-bond donors (Lipinski definition) is 3. The molecule has 0 aliphatic carbocycles. The predicted molar refractivity (Wildman–Crippen MR) is 96.8 cm³/mol. The molecule has 1 amide bonds. The van der Waals surface area contributed by atoms with E-state index in [9.17, 15) is 4.79 Å². The molecule has 24 heavy (non-hydrogen) atoms. The van der Waals surface area contributed by atoms with E-state index in [0.717, 1.165) is 18.7 Å². The van der Waals surface area contributed by atoms with Crippen LogP contribution in [-0.2, 0) is 11.3 Å². The molecule has 0 unspecified atom stereocenters. The van der Waals surface area contributed by atoms with Crippen molar-refractivity contribution in [1.29, 1.82) is 0 Å². The zero-order valence-electron chi connectivity index (χ0n) is 14.1. The number of ether oxygens (including phenoxy) is 1. The van der Waals surface area contributed by atoms with Crippen molar-refractivity contribution in [2.45, 2.75) is 6.61 Å². The van der Waals surface area contributed by atoms with Crippen LogP contribution in [0.3, 0.4) is 0 Å². The summed E-state index contributed by atoms with van der Waals surface area (Å²) in [5, 5.41) is 2.74. The number of amides is 1. The highest BCUT2D eigenvalue weighted by molar-refractivity contribution is 5.67. The van der Waals surface area contributed by atoms with E-state index < -0.39 is 6.09 Å². The number of nitrogens with zero attached hydrogens (tertiary/aromatic N) is 1. The summed E-state index contributed by atoms with van der Waals surface area (Å²) < 4.78 is 5.24. The first-order valence-electron chi connectivity index (χ1n) is 8.16. The van der Waals surface area contributed by atoms with Crippen LogP contribution >= 0.6 is 0 Å². The number of carbonyl (C=O) groups excluding carboxylic acids is 1. The monoisotopic (exact) mass is 332 g/mol. The van der Waals surface area contributed by atoms with E-state index in [2.05, 4.69) is 10.2 Å². The molecule has 0 radical (unpaired) electrons. The zero-order chi connectivity index (χ0) is 17.5. The van der Waals surface area contributed by atoms with Crippen LogP contribution in [0.2, 0.25) is 0 Å². The quantitative estimate of drug-likeness (QED) is 0.633. The third-order valence-corrected chi connectivity index (χ3v) is 3.25. The molecule has 0 heterocycles. The second kappa shape index (κ2) is 13.3. The van der Waals surface area contributed by atoms with Gasteiger partial charge >= 0.3 is 6.09 Å². The molecule has 0 aromatic heterocycles. The van der Waals surface area contributed by atoms with Gasteiger partial charge < -0.3 is 21.5 Å². The summed E-state index contributed by atoms with van der Waals surface area (Å²) >= 11 is 0. The minimum atomic E-state index is -0.429. The molecule has 6 nitrogen and oxygen atoms in total. The van der Waals surface area contributed by atoms with Crippen molar-refractivity contribution in [2.75, 3.05) is 39.3 Å². The lowest BCUT2D eigenvalue weighted by Crippen LogP contribution is -2.40. The van der Waals surface area contributed by atoms with Crippen molar-refractivity contribution < 1.29 is 9.53 Å². The maximum atomic E-state index is 11.8. The molecule has 1 aromatic carbocycles. The fourth-order valence-corrected chi connectivity index (χ4v) is 2.05. The van der Waals surface area contributed by atoms with Crippen LogP contribution in [0.15, 0.2) is 54.6 Å². The summed E-state index contributed by atoms with van der Waals surface area (Å²) in [6.07, 6.45) is -0.429. The van der Waals surface area contributed by atoms with E-state index in [1.54, 1.807) is 0 Å². The molecule has 1 aromatic rings. The van der Waals surface area contributed by atoms with E-state index in [1.165, 1.54) is 0 Å². The van der Waals surface area contributed by atoms with Gasteiger partial charge in [-0.05, 0) is 5.56 Å². The highest BCUT2D eigenvalue weighted by Gasteiger charge is 2.05. The number of carbonyl (C=O) groups is 1. The van der Waals surface area contributed by atoms with Gasteiger partial charge in [-0.3, -0.25) is 4.90 Å². The highest BCUT2D eigenvalue weighted by Crippen LogP contribution is 1.98. The normalized spacial score (nSPS) is 10.1. The third kappa shape index (κ3) is 9.78. The Hall–Kier alpha value is -2.15. The van der Waals surface area contributed by atoms with Gasteiger partial charge in [0.2, 0.25) is 0 Å².